The molecule has 0 bridgehead atoms. The van der Waals surface area contributed by atoms with Gasteiger partial charge in [-0.15, -0.1) is 11.6 Å². The summed E-state index contributed by atoms with van der Waals surface area (Å²) in [4.78, 5) is 0. The zero-order valence-corrected chi connectivity index (χ0v) is 11.5. The summed E-state index contributed by atoms with van der Waals surface area (Å²) in [5.74, 6) is 6.81. The van der Waals surface area contributed by atoms with Crippen molar-refractivity contribution in [3.8, 4) is 23.7 Å². The Kier molecular flexibility index (Phi) is 5.07. The Labute approximate surface area is 123 Å². The smallest absolute Gasteiger partial charge is 0.121 e. The number of nitriles is 1. The van der Waals surface area contributed by atoms with E-state index < -0.39 is 0 Å². The van der Waals surface area contributed by atoms with Gasteiger partial charge in [-0.05, 0) is 35.9 Å². The van der Waals surface area contributed by atoms with Crippen LogP contribution in [0.4, 0.5) is 0 Å². The second kappa shape index (κ2) is 7.24. The molecule has 0 amide bonds. The Hall–Kier alpha value is -2.42. The van der Waals surface area contributed by atoms with Crippen molar-refractivity contribution in [1.29, 1.82) is 5.26 Å². The van der Waals surface area contributed by atoms with E-state index in [9.17, 15) is 0 Å². The Morgan fingerprint density at radius 3 is 2.65 bits per heavy atom. The molecule has 0 unspecified atom stereocenters. The number of benzene rings is 2. The maximum Gasteiger partial charge on any atom is 0.121 e. The van der Waals surface area contributed by atoms with E-state index in [1.165, 1.54) is 0 Å². The summed E-state index contributed by atoms with van der Waals surface area (Å²) in [7, 11) is 0. The molecule has 0 aliphatic rings. The monoisotopic (exact) mass is 281 g/mol. The summed E-state index contributed by atoms with van der Waals surface area (Å²) in [6.07, 6.45) is 0. The predicted octanol–water partition coefficient (Wildman–Crippen LogP) is 3.73. The second-order valence-corrected chi connectivity index (χ2v) is 4.33. The highest BCUT2D eigenvalue weighted by Gasteiger charge is 1.98. The minimum atomic E-state index is 0.312. The third-order valence-electron chi connectivity index (χ3n) is 2.60. The van der Waals surface area contributed by atoms with E-state index >= 15 is 0 Å². The average molecular weight is 282 g/mol. The van der Waals surface area contributed by atoms with Crippen LogP contribution in [0.2, 0.25) is 0 Å². The number of rotatable bonds is 3. The van der Waals surface area contributed by atoms with Crippen LogP contribution >= 0.6 is 11.6 Å². The van der Waals surface area contributed by atoms with E-state index in [1.54, 1.807) is 6.07 Å². The van der Waals surface area contributed by atoms with E-state index in [-0.39, 0.29) is 0 Å². The van der Waals surface area contributed by atoms with Crippen LogP contribution < -0.4 is 4.74 Å². The molecular formula is C17H12ClNO. The van der Waals surface area contributed by atoms with Crippen LogP contribution in [0.25, 0.3) is 0 Å². The van der Waals surface area contributed by atoms with Crippen molar-refractivity contribution in [2.24, 2.45) is 0 Å². The third kappa shape index (κ3) is 4.05. The molecule has 0 heterocycles. The molecule has 0 radical (unpaired) electrons. The first-order valence-corrected chi connectivity index (χ1v) is 6.62. The molecule has 2 rings (SSSR count). The average Bonchev–Trinajstić information content (AvgIpc) is 2.51. The molecule has 0 aromatic heterocycles. The molecule has 0 N–H and O–H groups in total. The highest BCUT2D eigenvalue weighted by Crippen LogP contribution is 2.15. The first-order valence-electron chi connectivity index (χ1n) is 6.08. The lowest BCUT2D eigenvalue weighted by Gasteiger charge is -2.06. The van der Waals surface area contributed by atoms with Gasteiger partial charge in [0, 0.05) is 5.56 Å². The van der Waals surface area contributed by atoms with Crippen LogP contribution in [0.1, 0.15) is 16.7 Å². The molecule has 0 saturated carbocycles. The lowest BCUT2D eigenvalue weighted by Crippen LogP contribution is -1.96. The maximum atomic E-state index is 8.85. The minimum absolute atomic E-state index is 0.312. The van der Waals surface area contributed by atoms with E-state index in [4.69, 9.17) is 21.6 Å². The topological polar surface area (TPSA) is 33.0 Å². The molecule has 0 atom stereocenters. The highest BCUT2D eigenvalue weighted by atomic mass is 35.5. The third-order valence-corrected chi connectivity index (χ3v) is 2.73. The van der Waals surface area contributed by atoms with Crippen molar-refractivity contribution >= 4 is 11.6 Å². The summed E-state index contributed by atoms with van der Waals surface area (Å²) in [6.45, 7) is 0.419. The van der Waals surface area contributed by atoms with Gasteiger partial charge in [0.25, 0.3) is 0 Å². The van der Waals surface area contributed by atoms with Gasteiger partial charge in [0.05, 0.1) is 17.5 Å². The van der Waals surface area contributed by atoms with Crippen LogP contribution in [0.3, 0.4) is 0 Å². The van der Waals surface area contributed by atoms with Gasteiger partial charge in [-0.2, -0.15) is 5.26 Å². The number of alkyl halides is 1. The van der Waals surface area contributed by atoms with Gasteiger partial charge < -0.3 is 4.74 Å². The normalized spacial score (nSPS) is 9.20. The molecular weight excluding hydrogens is 270 g/mol. The Morgan fingerprint density at radius 1 is 1.05 bits per heavy atom. The molecule has 2 aromatic carbocycles. The van der Waals surface area contributed by atoms with E-state index in [0.29, 0.717) is 18.1 Å². The molecule has 0 fully saturated rings. The molecule has 3 heteroatoms. The first-order chi connectivity index (χ1) is 9.81. The van der Waals surface area contributed by atoms with Gasteiger partial charge in [-0.3, -0.25) is 0 Å². The van der Waals surface area contributed by atoms with Crippen LogP contribution in [-0.2, 0) is 6.61 Å². The summed E-state index contributed by atoms with van der Waals surface area (Å²) in [5.41, 5.74) is 2.46. The molecule has 0 aliphatic carbocycles. The van der Waals surface area contributed by atoms with Crippen LogP contribution in [0.5, 0.6) is 5.75 Å². The van der Waals surface area contributed by atoms with Gasteiger partial charge in [-0.25, -0.2) is 0 Å². The van der Waals surface area contributed by atoms with Gasteiger partial charge in [0.15, 0.2) is 0 Å². The molecule has 2 nitrogen and oxygen atoms in total. The fourth-order valence-corrected chi connectivity index (χ4v) is 1.76. The highest BCUT2D eigenvalue weighted by molar-refractivity contribution is 6.19. The predicted molar refractivity (Wildman–Crippen MR) is 79.5 cm³/mol. The zero-order chi connectivity index (χ0) is 14.2. The van der Waals surface area contributed by atoms with E-state index in [1.807, 2.05) is 42.5 Å². The molecule has 2 aromatic rings. The van der Waals surface area contributed by atoms with Crippen molar-refractivity contribution in [2.75, 3.05) is 5.88 Å². The summed E-state index contributed by atoms with van der Waals surface area (Å²) < 4.78 is 5.70. The van der Waals surface area contributed by atoms with Crippen molar-refractivity contribution in [3.05, 3.63) is 65.2 Å². The van der Waals surface area contributed by atoms with Gasteiger partial charge in [0.2, 0.25) is 0 Å². The van der Waals surface area contributed by atoms with Gasteiger partial charge in [0.1, 0.15) is 12.4 Å². The number of hydrogen-bond acceptors (Lipinski definition) is 2. The molecule has 0 saturated heterocycles. The van der Waals surface area contributed by atoms with Crippen LogP contribution in [0, 0.1) is 23.2 Å². The van der Waals surface area contributed by atoms with Crippen LogP contribution in [0.15, 0.2) is 48.5 Å². The molecule has 0 spiro atoms. The second-order valence-electron chi connectivity index (χ2n) is 4.06. The number of hydrogen-bond donors (Lipinski definition) is 0. The standard InChI is InChI=1S/C17H12ClNO/c18-9-3-7-14-4-2-8-17(11-14)20-13-16-6-1-5-15(10-16)12-19/h1-2,4-6,8,10-11H,9,13H2. The number of nitrogens with zero attached hydrogens (tertiary/aromatic N) is 1. The summed E-state index contributed by atoms with van der Waals surface area (Å²) in [5, 5.41) is 8.85. The van der Waals surface area contributed by atoms with Gasteiger partial charge >= 0.3 is 0 Å². The summed E-state index contributed by atoms with van der Waals surface area (Å²) >= 11 is 5.53. The van der Waals surface area contributed by atoms with Crippen molar-refractivity contribution < 1.29 is 4.74 Å². The quantitative estimate of drug-likeness (QED) is 0.634. The lowest BCUT2D eigenvalue weighted by atomic mass is 10.1. The van der Waals surface area contributed by atoms with E-state index in [0.717, 1.165) is 16.9 Å². The Morgan fingerprint density at radius 2 is 1.85 bits per heavy atom. The first kappa shape index (κ1) is 14.0. The van der Waals surface area contributed by atoms with Gasteiger partial charge in [-0.1, -0.05) is 30.0 Å². The minimum Gasteiger partial charge on any atom is -0.489 e. The Bertz CT molecular complexity index is 692. The number of ether oxygens (including phenoxy) is 1. The largest absolute Gasteiger partial charge is 0.489 e. The van der Waals surface area contributed by atoms with Crippen molar-refractivity contribution in [3.63, 3.8) is 0 Å². The zero-order valence-electron chi connectivity index (χ0n) is 10.8. The number of halogens is 1. The maximum absolute atomic E-state index is 8.85. The van der Waals surface area contributed by atoms with Crippen molar-refractivity contribution in [2.45, 2.75) is 6.61 Å². The SMILES string of the molecule is N#Cc1cccc(COc2cccc(C#CCCl)c2)c1. The molecule has 98 valence electrons. The fraction of sp³-hybridized carbons (Fsp3) is 0.118. The van der Waals surface area contributed by atoms with Crippen LogP contribution in [-0.4, -0.2) is 5.88 Å². The fourth-order valence-electron chi connectivity index (χ4n) is 1.70. The lowest BCUT2D eigenvalue weighted by molar-refractivity contribution is 0.306. The molecule has 20 heavy (non-hydrogen) atoms. The Balaban J connectivity index is 2.05. The van der Waals surface area contributed by atoms with Crippen molar-refractivity contribution in [1.82, 2.24) is 0 Å². The summed E-state index contributed by atoms with van der Waals surface area (Å²) in [6, 6.07) is 17.0. The van der Waals surface area contributed by atoms with E-state index in [2.05, 4.69) is 17.9 Å². The molecule has 0 aliphatic heterocycles.